The molecule has 1 fully saturated rings. The number of rotatable bonds is 5. The van der Waals surface area contributed by atoms with Crippen molar-refractivity contribution in [2.45, 2.75) is 37.9 Å². The van der Waals surface area contributed by atoms with Gasteiger partial charge < -0.3 is 4.52 Å². The third-order valence-corrected chi connectivity index (χ3v) is 5.96. The van der Waals surface area contributed by atoms with Crippen molar-refractivity contribution in [1.29, 1.82) is 0 Å². The highest BCUT2D eigenvalue weighted by Gasteiger charge is 2.64. The van der Waals surface area contributed by atoms with Crippen molar-refractivity contribution in [3.63, 3.8) is 0 Å². The highest BCUT2D eigenvalue weighted by atomic mass is 35.5. The molecule has 0 saturated heterocycles. The van der Waals surface area contributed by atoms with Crippen molar-refractivity contribution < 1.29 is 17.7 Å². The van der Waals surface area contributed by atoms with E-state index in [4.69, 9.17) is 16.1 Å². The van der Waals surface area contributed by atoms with Gasteiger partial charge in [0.2, 0.25) is 5.82 Å². The third kappa shape index (κ3) is 3.66. The third-order valence-electron chi connectivity index (χ3n) is 5.74. The average molecular weight is 460 g/mol. The Balaban J connectivity index is 1.36. The van der Waals surface area contributed by atoms with Gasteiger partial charge in [-0.05, 0) is 43.0 Å². The predicted molar refractivity (Wildman–Crippen MR) is 111 cm³/mol. The van der Waals surface area contributed by atoms with E-state index in [2.05, 4.69) is 20.2 Å². The number of aryl methyl sites for hydroxylation is 1. The lowest BCUT2D eigenvalue weighted by Crippen LogP contribution is -2.28. The Labute approximate surface area is 186 Å². The van der Waals surface area contributed by atoms with Crippen molar-refractivity contribution in [2.24, 2.45) is 0 Å². The van der Waals surface area contributed by atoms with Crippen LogP contribution in [0.1, 0.15) is 29.7 Å². The minimum Gasteiger partial charge on any atom is -0.332 e. The molecule has 5 rings (SSSR count). The Morgan fingerprint density at radius 2 is 1.88 bits per heavy atom. The zero-order valence-corrected chi connectivity index (χ0v) is 17.7. The van der Waals surface area contributed by atoms with E-state index in [0.717, 1.165) is 11.3 Å². The molecule has 10 heteroatoms. The summed E-state index contributed by atoms with van der Waals surface area (Å²) >= 11 is 5.83. The van der Waals surface area contributed by atoms with Crippen molar-refractivity contribution in [2.75, 3.05) is 0 Å². The first-order valence-electron chi connectivity index (χ1n) is 9.92. The molecular formula is C22H17ClF3N5O. The van der Waals surface area contributed by atoms with Gasteiger partial charge in [-0.3, -0.25) is 4.68 Å². The lowest BCUT2D eigenvalue weighted by molar-refractivity contribution is -0.160. The van der Waals surface area contributed by atoms with Crippen LogP contribution in [0.3, 0.4) is 0 Å². The number of nitrogens with zero attached hydrogens (tertiary/aromatic N) is 5. The summed E-state index contributed by atoms with van der Waals surface area (Å²) < 4.78 is 47.1. The molecule has 0 spiro atoms. The molecule has 0 N–H and O–H groups in total. The maximum Gasteiger partial charge on any atom is 0.398 e. The summed E-state index contributed by atoms with van der Waals surface area (Å²) in [5.41, 5.74) is 1.46. The van der Waals surface area contributed by atoms with Crippen LogP contribution in [0.4, 0.5) is 13.2 Å². The highest BCUT2D eigenvalue weighted by Crippen LogP contribution is 2.58. The predicted octanol–water partition coefficient (Wildman–Crippen LogP) is 5.60. The van der Waals surface area contributed by atoms with E-state index < -0.39 is 11.6 Å². The number of aromatic nitrogens is 5. The number of hydrogen-bond acceptors (Lipinski definition) is 5. The van der Waals surface area contributed by atoms with Gasteiger partial charge in [0, 0.05) is 17.5 Å². The van der Waals surface area contributed by atoms with Crippen LogP contribution in [0.15, 0.2) is 53.2 Å². The molecule has 3 aromatic heterocycles. The maximum atomic E-state index is 13.3. The fourth-order valence-corrected chi connectivity index (χ4v) is 3.80. The fourth-order valence-electron chi connectivity index (χ4n) is 3.69. The molecular weight excluding hydrogens is 443 g/mol. The van der Waals surface area contributed by atoms with Gasteiger partial charge in [0.25, 0.3) is 5.89 Å². The first kappa shape index (κ1) is 20.7. The van der Waals surface area contributed by atoms with Crippen LogP contribution < -0.4 is 0 Å². The van der Waals surface area contributed by atoms with Crippen molar-refractivity contribution in [3.05, 3.63) is 70.6 Å². The second kappa shape index (κ2) is 7.44. The zero-order valence-electron chi connectivity index (χ0n) is 16.9. The van der Waals surface area contributed by atoms with Gasteiger partial charge in [0.15, 0.2) is 5.69 Å². The van der Waals surface area contributed by atoms with E-state index in [9.17, 15) is 13.2 Å². The number of alkyl halides is 3. The van der Waals surface area contributed by atoms with E-state index >= 15 is 0 Å². The number of benzene rings is 1. The van der Waals surface area contributed by atoms with Crippen LogP contribution in [-0.4, -0.2) is 31.1 Å². The first-order chi connectivity index (χ1) is 15.2. The molecule has 0 radical (unpaired) electrons. The lowest BCUT2D eigenvalue weighted by Gasteiger charge is -2.19. The normalized spacial score (nSPS) is 15.2. The molecule has 6 nitrogen and oxygen atoms in total. The van der Waals surface area contributed by atoms with E-state index in [1.54, 1.807) is 29.1 Å². The Kier molecular flexibility index (Phi) is 4.81. The molecule has 0 atom stereocenters. The summed E-state index contributed by atoms with van der Waals surface area (Å²) in [5, 5.41) is 8.91. The minimum atomic E-state index is -4.24. The summed E-state index contributed by atoms with van der Waals surface area (Å²) in [5.74, 6) is 0.520. The number of pyridine rings is 1. The standard InChI is InChI=1S/C22H17ClF3N5O/c1-13-10-17(29-31(13)12-14-2-7-18(23)27-11-14)20-28-19(30-32-20)15-3-5-16(6-4-15)21(8-9-21)22(24,25)26/h2-7,10-11H,8-9,12H2,1H3. The second-order valence-corrected chi connectivity index (χ2v) is 8.29. The van der Waals surface area contributed by atoms with Gasteiger partial charge in [0.1, 0.15) is 5.15 Å². The van der Waals surface area contributed by atoms with Crippen LogP contribution in [0.5, 0.6) is 0 Å². The molecule has 0 amide bonds. The molecule has 3 heterocycles. The van der Waals surface area contributed by atoms with Crippen molar-refractivity contribution in [1.82, 2.24) is 24.9 Å². The van der Waals surface area contributed by atoms with E-state index in [1.807, 2.05) is 19.1 Å². The van der Waals surface area contributed by atoms with Crippen LogP contribution in [-0.2, 0) is 12.0 Å². The van der Waals surface area contributed by atoms with E-state index in [1.165, 1.54) is 12.1 Å². The molecule has 1 aromatic carbocycles. The molecule has 1 aliphatic rings. The van der Waals surface area contributed by atoms with Gasteiger partial charge in [-0.2, -0.15) is 23.3 Å². The van der Waals surface area contributed by atoms with E-state index in [-0.39, 0.29) is 30.1 Å². The first-order valence-corrected chi connectivity index (χ1v) is 10.3. The van der Waals surface area contributed by atoms with Crippen molar-refractivity contribution >= 4 is 11.6 Å². The Morgan fingerprint density at radius 1 is 1.12 bits per heavy atom. The quantitative estimate of drug-likeness (QED) is 0.363. The van der Waals surface area contributed by atoms with E-state index in [0.29, 0.717) is 23.0 Å². The van der Waals surface area contributed by atoms with Gasteiger partial charge in [-0.1, -0.05) is 47.1 Å². The fraction of sp³-hybridized carbons (Fsp3) is 0.273. The maximum absolute atomic E-state index is 13.3. The second-order valence-electron chi connectivity index (χ2n) is 7.90. The van der Waals surface area contributed by atoms with Gasteiger partial charge in [-0.15, -0.1) is 0 Å². The molecule has 32 heavy (non-hydrogen) atoms. The summed E-state index contributed by atoms with van der Waals surface area (Å²) in [6, 6.07) is 11.6. The molecule has 1 aliphatic carbocycles. The van der Waals surface area contributed by atoms with Crippen LogP contribution >= 0.6 is 11.6 Å². The molecule has 164 valence electrons. The van der Waals surface area contributed by atoms with Crippen LogP contribution in [0.25, 0.3) is 23.0 Å². The molecule has 4 aromatic rings. The zero-order chi connectivity index (χ0) is 22.5. The topological polar surface area (TPSA) is 69.6 Å². The summed E-state index contributed by atoms with van der Waals surface area (Å²) in [4.78, 5) is 8.44. The summed E-state index contributed by atoms with van der Waals surface area (Å²) in [6.07, 6.45) is -2.32. The highest BCUT2D eigenvalue weighted by molar-refractivity contribution is 6.29. The number of hydrogen-bond donors (Lipinski definition) is 0. The minimum absolute atomic E-state index is 0.121. The van der Waals surface area contributed by atoms with Gasteiger partial charge >= 0.3 is 6.18 Å². The van der Waals surface area contributed by atoms with Crippen LogP contribution in [0, 0.1) is 6.92 Å². The average Bonchev–Trinajstić information content (AvgIpc) is 3.32. The molecule has 0 unspecified atom stereocenters. The number of halogens is 4. The molecule has 0 bridgehead atoms. The summed E-state index contributed by atoms with van der Waals surface area (Å²) in [7, 11) is 0. The SMILES string of the molecule is Cc1cc(-c2nc(-c3ccc(C4(C(F)(F)F)CC4)cc3)no2)nn1Cc1ccc(Cl)nc1. The monoisotopic (exact) mass is 459 g/mol. The largest absolute Gasteiger partial charge is 0.398 e. The molecule has 0 aliphatic heterocycles. The Hall–Kier alpha value is -3.20. The Morgan fingerprint density at radius 3 is 2.50 bits per heavy atom. The van der Waals surface area contributed by atoms with Gasteiger partial charge in [0.05, 0.1) is 12.0 Å². The van der Waals surface area contributed by atoms with Crippen LogP contribution in [0.2, 0.25) is 5.15 Å². The summed E-state index contributed by atoms with van der Waals surface area (Å²) in [6.45, 7) is 2.41. The lowest BCUT2D eigenvalue weighted by atomic mass is 9.94. The smallest absolute Gasteiger partial charge is 0.332 e. The van der Waals surface area contributed by atoms with Gasteiger partial charge in [-0.25, -0.2) is 4.98 Å². The molecule has 1 saturated carbocycles. The van der Waals surface area contributed by atoms with Crippen molar-refractivity contribution in [3.8, 4) is 23.0 Å². The Bertz CT molecular complexity index is 1260.